The third kappa shape index (κ3) is 2.76. The van der Waals surface area contributed by atoms with E-state index in [1.807, 2.05) is 0 Å². The predicted molar refractivity (Wildman–Crippen MR) is 59.3 cm³/mol. The Labute approximate surface area is 93.9 Å². The van der Waals surface area contributed by atoms with Crippen LogP contribution in [0.15, 0.2) is 24.8 Å². The van der Waals surface area contributed by atoms with Crippen molar-refractivity contribution in [3.63, 3.8) is 0 Å². The molecule has 1 N–H and O–H groups in total. The second kappa shape index (κ2) is 4.49. The van der Waals surface area contributed by atoms with Crippen molar-refractivity contribution in [3.8, 4) is 0 Å². The van der Waals surface area contributed by atoms with E-state index in [-0.39, 0.29) is 6.90 Å². The molecule has 0 saturated carbocycles. The van der Waals surface area contributed by atoms with E-state index in [2.05, 4.69) is 11.9 Å². The number of hydrogen-bond donors (Lipinski definition) is 1. The van der Waals surface area contributed by atoms with E-state index >= 15 is 0 Å². The van der Waals surface area contributed by atoms with Crippen molar-refractivity contribution in [2.45, 2.75) is 6.90 Å². The largest absolute Gasteiger partial charge is 0.326 e. The first-order chi connectivity index (χ1) is 7.04. The predicted octanol–water partition coefficient (Wildman–Crippen LogP) is 3.10. The van der Waals surface area contributed by atoms with Crippen LogP contribution in [0.4, 0.5) is 0 Å². The maximum absolute atomic E-state index is 10.9. The molecule has 14 heavy (non-hydrogen) atoms. The van der Waals surface area contributed by atoms with Crippen LogP contribution in [-0.2, 0) is 4.79 Å². The topological polar surface area (TPSA) is 29.1 Å². The van der Waals surface area contributed by atoms with E-state index in [1.54, 1.807) is 18.2 Å². The number of hydrogen-bond acceptors (Lipinski definition) is 1. The summed E-state index contributed by atoms with van der Waals surface area (Å²) in [6.07, 6.45) is 0. The van der Waals surface area contributed by atoms with Gasteiger partial charge in [-0.3, -0.25) is 4.79 Å². The van der Waals surface area contributed by atoms with Gasteiger partial charge in [0.25, 0.3) is 0 Å². The average molecular weight is 231 g/mol. The van der Waals surface area contributed by atoms with Gasteiger partial charge < -0.3 is 5.32 Å². The zero-order valence-electron chi connectivity index (χ0n) is 8.31. The summed E-state index contributed by atoms with van der Waals surface area (Å²) >= 11 is 11.6. The molecule has 0 aliphatic carbocycles. The van der Waals surface area contributed by atoms with Gasteiger partial charge in [-0.25, -0.2) is 0 Å². The molecule has 74 valence electrons. The smallest absolute Gasteiger partial charge is 0.221 e. The lowest BCUT2D eigenvalue weighted by molar-refractivity contribution is -0.117. The van der Waals surface area contributed by atoms with Crippen molar-refractivity contribution in [2.75, 3.05) is 0 Å². The average Bonchev–Trinajstić information content (AvgIpc) is 2.17. The number of carbonyl (C=O) groups excluding carboxylic acids is 1. The standard InChI is InChI=1S/C10H9Cl2NO/c1-6(13-7(2)14)9-4-3-8(11)5-10(9)12/h3-5H,1H2,2H3,(H,13,14)/i2D. The second-order valence-corrected chi connectivity index (χ2v) is 3.49. The minimum atomic E-state index is -0.425. The van der Waals surface area contributed by atoms with Crippen LogP contribution in [0.2, 0.25) is 10.0 Å². The molecule has 1 amide bonds. The van der Waals surface area contributed by atoms with Gasteiger partial charge in [-0.15, -0.1) is 0 Å². The molecule has 0 fully saturated rings. The molecule has 1 rings (SSSR count). The Morgan fingerprint density at radius 2 is 2.29 bits per heavy atom. The molecule has 0 heterocycles. The molecule has 0 atom stereocenters. The van der Waals surface area contributed by atoms with Gasteiger partial charge in [-0.05, 0) is 18.2 Å². The molecule has 0 spiro atoms. The molecule has 0 radical (unpaired) electrons. The Kier molecular flexibility index (Phi) is 3.07. The summed E-state index contributed by atoms with van der Waals surface area (Å²) in [7, 11) is 0. The molecule has 0 aromatic heterocycles. The summed E-state index contributed by atoms with van der Waals surface area (Å²) in [5.74, 6) is -0.425. The van der Waals surface area contributed by atoms with Gasteiger partial charge in [0.1, 0.15) is 0 Å². The van der Waals surface area contributed by atoms with Crippen LogP contribution < -0.4 is 5.32 Å². The summed E-state index contributed by atoms with van der Waals surface area (Å²) in [5, 5.41) is 3.39. The summed E-state index contributed by atoms with van der Waals surface area (Å²) in [5.41, 5.74) is 0.969. The third-order valence-electron chi connectivity index (χ3n) is 1.55. The zero-order chi connectivity index (χ0) is 11.4. The zero-order valence-corrected chi connectivity index (χ0v) is 8.82. The van der Waals surface area contributed by atoms with E-state index in [0.717, 1.165) is 0 Å². The number of halogens is 2. The van der Waals surface area contributed by atoms with Gasteiger partial charge in [0.05, 0.1) is 5.02 Å². The second-order valence-electron chi connectivity index (χ2n) is 2.65. The molecule has 0 unspecified atom stereocenters. The number of carbonyl (C=O) groups is 1. The van der Waals surface area contributed by atoms with Gasteiger partial charge >= 0.3 is 0 Å². The molecular formula is C10H9Cl2NO. The lowest BCUT2D eigenvalue weighted by Crippen LogP contribution is -2.17. The van der Waals surface area contributed by atoms with Crippen molar-refractivity contribution < 1.29 is 6.17 Å². The summed E-state index contributed by atoms with van der Waals surface area (Å²) in [6.45, 7) is 3.32. The molecule has 4 heteroatoms. The van der Waals surface area contributed by atoms with Crippen LogP contribution in [0, 0.1) is 0 Å². The van der Waals surface area contributed by atoms with Crippen LogP contribution in [0.1, 0.15) is 13.8 Å². The lowest BCUT2D eigenvalue weighted by atomic mass is 10.2. The van der Waals surface area contributed by atoms with Crippen LogP contribution in [0.5, 0.6) is 0 Å². The van der Waals surface area contributed by atoms with Crippen molar-refractivity contribution in [3.05, 3.63) is 40.4 Å². The van der Waals surface area contributed by atoms with Gasteiger partial charge in [0, 0.05) is 24.6 Å². The number of amides is 1. The SMILES string of the molecule is [2H]CC(=O)NC(=C)c1ccc(Cl)cc1Cl. The minimum Gasteiger partial charge on any atom is -0.326 e. The molecule has 1 aromatic rings. The highest BCUT2D eigenvalue weighted by atomic mass is 35.5. The summed E-state index contributed by atoms with van der Waals surface area (Å²) in [6, 6.07) is 4.88. The van der Waals surface area contributed by atoms with Gasteiger partial charge in [-0.2, -0.15) is 0 Å². The van der Waals surface area contributed by atoms with E-state index < -0.39 is 5.91 Å². The van der Waals surface area contributed by atoms with Crippen molar-refractivity contribution >= 4 is 34.8 Å². The molecule has 0 aliphatic heterocycles. The van der Waals surface area contributed by atoms with Gasteiger partial charge in [-0.1, -0.05) is 29.8 Å². The fraction of sp³-hybridized carbons (Fsp3) is 0.100. The number of rotatable bonds is 2. The van der Waals surface area contributed by atoms with E-state index in [0.29, 0.717) is 21.3 Å². The van der Waals surface area contributed by atoms with Crippen molar-refractivity contribution in [2.24, 2.45) is 0 Å². The van der Waals surface area contributed by atoms with E-state index in [1.165, 1.54) is 0 Å². The van der Waals surface area contributed by atoms with Crippen LogP contribution in [0.25, 0.3) is 5.70 Å². The normalized spacial score (nSPS) is 10.6. The van der Waals surface area contributed by atoms with Crippen LogP contribution in [0.3, 0.4) is 0 Å². The molecule has 0 saturated heterocycles. The van der Waals surface area contributed by atoms with Crippen LogP contribution in [-0.4, -0.2) is 5.91 Å². The van der Waals surface area contributed by atoms with E-state index in [4.69, 9.17) is 24.6 Å². The fourth-order valence-corrected chi connectivity index (χ4v) is 1.49. The Morgan fingerprint density at radius 1 is 1.57 bits per heavy atom. The van der Waals surface area contributed by atoms with Crippen molar-refractivity contribution in [1.82, 2.24) is 5.32 Å². The summed E-state index contributed by atoms with van der Waals surface area (Å²) in [4.78, 5) is 10.9. The van der Waals surface area contributed by atoms with Crippen molar-refractivity contribution in [1.29, 1.82) is 0 Å². The maximum atomic E-state index is 10.9. The third-order valence-corrected chi connectivity index (χ3v) is 2.09. The molecule has 1 aromatic carbocycles. The minimum absolute atomic E-state index is 0.343. The first-order valence-electron chi connectivity index (χ1n) is 4.48. The highest BCUT2D eigenvalue weighted by molar-refractivity contribution is 6.35. The number of benzene rings is 1. The Morgan fingerprint density at radius 3 is 2.86 bits per heavy atom. The van der Waals surface area contributed by atoms with Gasteiger partial charge in [0.15, 0.2) is 0 Å². The van der Waals surface area contributed by atoms with Crippen LogP contribution >= 0.6 is 23.2 Å². The van der Waals surface area contributed by atoms with E-state index in [9.17, 15) is 4.79 Å². The molecule has 0 aliphatic rings. The highest BCUT2D eigenvalue weighted by Gasteiger charge is 2.05. The highest BCUT2D eigenvalue weighted by Crippen LogP contribution is 2.24. The Balaban J connectivity index is 2.87. The quantitative estimate of drug-likeness (QED) is 0.832. The fourth-order valence-electron chi connectivity index (χ4n) is 0.970. The first kappa shape index (κ1) is 9.56. The molecule has 2 nitrogen and oxygen atoms in total. The first-order valence-corrected chi connectivity index (χ1v) is 4.53. The number of nitrogens with one attached hydrogen (secondary N) is 1. The molecule has 0 bridgehead atoms. The van der Waals surface area contributed by atoms with Gasteiger partial charge in [0.2, 0.25) is 5.91 Å². The Bertz CT molecular complexity index is 406. The maximum Gasteiger partial charge on any atom is 0.221 e. The lowest BCUT2D eigenvalue weighted by Gasteiger charge is -2.08. The molecular weight excluding hydrogens is 221 g/mol. The monoisotopic (exact) mass is 230 g/mol. The summed E-state index contributed by atoms with van der Waals surface area (Å²) < 4.78 is 6.85. The Hall–Kier alpha value is -0.990.